The van der Waals surface area contributed by atoms with Gasteiger partial charge in [0.2, 0.25) is 5.82 Å². The molecule has 0 saturated heterocycles. The van der Waals surface area contributed by atoms with Crippen molar-refractivity contribution in [3.63, 3.8) is 0 Å². The molecule has 0 aliphatic carbocycles. The normalized spacial score (nSPS) is 16.5. The van der Waals surface area contributed by atoms with Gasteiger partial charge in [0.1, 0.15) is 11.4 Å². The molecule has 3 aromatic rings. The zero-order valence-corrected chi connectivity index (χ0v) is 16.1. The number of nitrogens with zero attached hydrogens (tertiary/aromatic N) is 5. The molecule has 4 heterocycles. The van der Waals surface area contributed by atoms with E-state index in [1.54, 1.807) is 10.7 Å². The van der Waals surface area contributed by atoms with Crippen LogP contribution >= 0.6 is 0 Å². The van der Waals surface area contributed by atoms with Gasteiger partial charge in [-0.3, -0.25) is 14.5 Å². The van der Waals surface area contributed by atoms with Gasteiger partial charge in [0.25, 0.3) is 5.91 Å². The van der Waals surface area contributed by atoms with Gasteiger partial charge in [-0.05, 0) is 37.1 Å². The van der Waals surface area contributed by atoms with Crippen molar-refractivity contribution in [2.24, 2.45) is 0 Å². The summed E-state index contributed by atoms with van der Waals surface area (Å²) in [5, 5.41) is 6.94. The second kappa shape index (κ2) is 7.88. The molecule has 13 heteroatoms. The standard InChI is InChI=1S/C19H14F6N6O/c20-18(21,22)15-8-10(3-5-26-15)13-9-14-11(2-1-7-31(14)30-13)28-16(32)12-4-6-27-17(29-12)19(23,24)25/h3-6,8-9,11H,1-2,7H2,(H,28,32). The van der Waals surface area contributed by atoms with Gasteiger partial charge >= 0.3 is 12.4 Å². The number of nitrogens with one attached hydrogen (secondary N) is 1. The SMILES string of the molecule is O=C(NC1CCCn2nc(-c3ccnc(C(F)(F)F)c3)cc21)c1ccnc(C(F)(F)F)n1. The fourth-order valence-electron chi connectivity index (χ4n) is 3.37. The van der Waals surface area contributed by atoms with E-state index in [2.05, 4.69) is 25.4 Å². The Labute approximate surface area is 176 Å². The summed E-state index contributed by atoms with van der Waals surface area (Å²) in [4.78, 5) is 22.2. The second-order valence-electron chi connectivity index (χ2n) is 7.04. The van der Waals surface area contributed by atoms with Gasteiger partial charge in [0.15, 0.2) is 0 Å². The summed E-state index contributed by atoms with van der Waals surface area (Å²) in [5.74, 6) is -2.26. The van der Waals surface area contributed by atoms with Crippen LogP contribution in [0.1, 0.15) is 46.6 Å². The van der Waals surface area contributed by atoms with Gasteiger partial charge in [0.05, 0.1) is 17.4 Å². The van der Waals surface area contributed by atoms with Crippen LogP contribution in [-0.2, 0) is 18.9 Å². The molecule has 4 rings (SSSR count). The summed E-state index contributed by atoms with van der Waals surface area (Å²) >= 11 is 0. The van der Waals surface area contributed by atoms with E-state index >= 15 is 0 Å². The molecule has 168 valence electrons. The third-order valence-electron chi connectivity index (χ3n) is 4.82. The number of rotatable bonds is 3. The third kappa shape index (κ3) is 4.41. The summed E-state index contributed by atoms with van der Waals surface area (Å²) < 4.78 is 78.9. The number of aryl methyl sites for hydroxylation is 1. The Morgan fingerprint density at radius 1 is 1.03 bits per heavy atom. The van der Waals surface area contributed by atoms with Crippen LogP contribution in [-0.4, -0.2) is 30.6 Å². The number of amides is 1. The molecule has 1 unspecified atom stereocenters. The minimum Gasteiger partial charge on any atom is -0.342 e. The molecule has 7 nitrogen and oxygen atoms in total. The number of hydrogen-bond donors (Lipinski definition) is 1. The Morgan fingerprint density at radius 3 is 2.50 bits per heavy atom. The van der Waals surface area contributed by atoms with E-state index in [0.29, 0.717) is 25.1 Å². The molecule has 3 aromatic heterocycles. The highest BCUT2D eigenvalue weighted by molar-refractivity contribution is 5.92. The van der Waals surface area contributed by atoms with Crippen LogP contribution in [0, 0.1) is 0 Å². The zero-order chi connectivity index (χ0) is 23.1. The monoisotopic (exact) mass is 456 g/mol. The largest absolute Gasteiger partial charge is 0.451 e. The minimum absolute atomic E-state index is 0.199. The van der Waals surface area contributed by atoms with Gasteiger partial charge in [0, 0.05) is 24.5 Å². The van der Waals surface area contributed by atoms with Gasteiger partial charge in [-0.1, -0.05) is 0 Å². The summed E-state index contributed by atoms with van der Waals surface area (Å²) in [6, 6.07) is 4.26. The molecule has 1 aliphatic rings. The minimum atomic E-state index is -4.80. The number of aromatic nitrogens is 5. The first-order chi connectivity index (χ1) is 15.0. The molecular weight excluding hydrogens is 442 g/mol. The average Bonchev–Trinajstić information content (AvgIpc) is 3.18. The third-order valence-corrected chi connectivity index (χ3v) is 4.82. The van der Waals surface area contributed by atoms with Crippen molar-refractivity contribution in [2.75, 3.05) is 0 Å². The van der Waals surface area contributed by atoms with Crippen molar-refractivity contribution in [3.05, 3.63) is 59.6 Å². The first-order valence-electron chi connectivity index (χ1n) is 9.35. The molecule has 1 atom stereocenters. The zero-order valence-electron chi connectivity index (χ0n) is 16.1. The lowest BCUT2D eigenvalue weighted by Gasteiger charge is -2.24. The lowest BCUT2D eigenvalue weighted by molar-refractivity contribution is -0.145. The fourth-order valence-corrected chi connectivity index (χ4v) is 3.37. The maximum Gasteiger partial charge on any atom is 0.451 e. The molecule has 1 N–H and O–H groups in total. The van der Waals surface area contributed by atoms with E-state index < -0.39 is 41.5 Å². The molecular formula is C19H14F6N6O. The predicted molar refractivity (Wildman–Crippen MR) is 96.9 cm³/mol. The van der Waals surface area contributed by atoms with Crippen molar-refractivity contribution < 1.29 is 31.1 Å². The molecule has 32 heavy (non-hydrogen) atoms. The molecule has 0 saturated carbocycles. The van der Waals surface area contributed by atoms with Crippen LogP contribution in [0.2, 0.25) is 0 Å². The highest BCUT2D eigenvalue weighted by atomic mass is 19.4. The molecule has 1 aliphatic heterocycles. The van der Waals surface area contributed by atoms with E-state index in [1.807, 2.05) is 0 Å². The van der Waals surface area contributed by atoms with E-state index in [1.165, 1.54) is 6.07 Å². The van der Waals surface area contributed by atoms with Gasteiger partial charge in [-0.2, -0.15) is 31.4 Å². The van der Waals surface area contributed by atoms with Crippen molar-refractivity contribution in [1.82, 2.24) is 30.0 Å². The van der Waals surface area contributed by atoms with Crippen LogP contribution < -0.4 is 5.32 Å². The van der Waals surface area contributed by atoms with E-state index in [4.69, 9.17) is 0 Å². The highest BCUT2D eigenvalue weighted by Crippen LogP contribution is 2.33. The van der Waals surface area contributed by atoms with Gasteiger partial charge in [-0.15, -0.1) is 0 Å². The predicted octanol–water partition coefficient (Wildman–Crippen LogP) is 4.04. The molecule has 0 radical (unpaired) electrons. The number of carbonyl (C=O) groups excluding carboxylic acids is 1. The summed E-state index contributed by atoms with van der Waals surface area (Å²) in [7, 11) is 0. The number of alkyl halides is 6. The molecule has 0 fully saturated rings. The smallest absolute Gasteiger partial charge is 0.342 e. The second-order valence-corrected chi connectivity index (χ2v) is 7.04. The molecule has 0 aromatic carbocycles. The number of hydrogen-bond acceptors (Lipinski definition) is 5. The maximum absolute atomic E-state index is 13.0. The quantitative estimate of drug-likeness (QED) is 0.602. The Morgan fingerprint density at radius 2 is 1.78 bits per heavy atom. The van der Waals surface area contributed by atoms with Crippen LogP contribution in [0.25, 0.3) is 11.3 Å². The van der Waals surface area contributed by atoms with Crippen LogP contribution in [0.5, 0.6) is 0 Å². The molecule has 1 amide bonds. The van der Waals surface area contributed by atoms with Crippen molar-refractivity contribution in [2.45, 2.75) is 37.8 Å². The Kier molecular flexibility index (Phi) is 5.34. The van der Waals surface area contributed by atoms with Crippen LogP contribution in [0.4, 0.5) is 26.3 Å². The van der Waals surface area contributed by atoms with Gasteiger partial charge in [-0.25, -0.2) is 9.97 Å². The van der Waals surface area contributed by atoms with Crippen LogP contribution in [0.3, 0.4) is 0 Å². The lowest BCUT2D eigenvalue weighted by Crippen LogP contribution is -2.33. The molecule has 0 bridgehead atoms. The average molecular weight is 456 g/mol. The van der Waals surface area contributed by atoms with Crippen molar-refractivity contribution in [3.8, 4) is 11.3 Å². The Bertz CT molecular complexity index is 1160. The van der Waals surface area contributed by atoms with E-state index in [0.717, 1.165) is 24.5 Å². The maximum atomic E-state index is 13.0. The first-order valence-corrected chi connectivity index (χ1v) is 9.35. The number of pyridine rings is 1. The topological polar surface area (TPSA) is 85.6 Å². The lowest BCUT2D eigenvalue weighted by atomic mass is 10.0. The van der Waals surface area contributed by atoms with Crippen molar-refractivity contribution >= 4 is 5.91 Å². The highest BCUT2D eigenvalue weighted by Gasteiger charge is 2.36. The number of fused-ring (bicyclic) bond motifs is 1. The summed E-state index contributed by atoms with van der Waals surface area (Å²) in [6.07, 6.45) is -6.47. The summed E-state index contributed by atoms with van der Waals surface area (Å²) in [5.41, 5.74) is -0.529. The molecule has 0 spiro atoms. The summed E-state index contributed by atoms with van der Waals surface area (Å²) in [6.45, 7) is 0.477. The number of halogens is 6. The van der Waals surface area contributed by atoms with Crippen LogP contribution in [0.15, 0.2) is 36.7 Å². The van der Waals surface area contributed by atoms with E-state index in [9.17, 15) is 31.1 Å². The van der Waals surface area contributed by atoms with Gasteiger partial charge < -0.3 is 5.32 Å². The number of carbonyl (C=O) groups is 1. The first kappa shape index (κ1) is 21.7. The Balaban J connectivity index is 1.59. The Hall–Kier alpha value is -3.51. The van der Waals surface area contributed by atoms with Crippen molar-refractivity contribution in [1.29, 1.82) is 0 Å². The fraction of sp³-hybridized carbons (Fsp3) is 0.316. The van der Waals surface area contributed by atoms with E-state index in [-0.39, 0.29) is 11.3 Å².